The largest absolute Gasteiger partial charge is 0.493 e. The van der Waals surface area contributed by atoms with Gasteiger partial charge in [0.2, 0.25) is 0 Å². The Bertz CT molecular complexity index is 1710. The third-order valence-electron chi connectivity index (χ3n) is 6.79. The molecule has 3 amide bonds. The Morgan fingerprint density at radius 1 is 0.957 bits per heavy atom. The molecule has 1 aliphatic heterocycles. The zero-order valence-corrected chi connectivity index (χ0v) is 26.4. The van der Waals surface area contributed by atoms with E-state index in [9.17, 15) is 14.4 Å². The SMILES string of the molecule is CCOC(=O)C1=C(C)NC(=O)N[C@H]1c1ccc(OCC(=O)N/N=C/c2ccc(OCc3ccc(C#N)cc3)c(OCC)c2)c(OC)c1. The van der Waals surface area contributed by atoms with Crippen LogP contribution in [0, 0.1) is 11.3 Å². The molecule has 0 bridgehead atoms. The Balaban J connectivity index is 1.36. The number of ether oxygens (including phenoxy) is 5. The molecule has 3 aromatic rings. The highest BCUT2D eigenvalue weighted by Crippen LogP contribution is 2.34. The smallest absolute Gasteiger partial charge is 0.338 e. The number of allylic oxidation sites excluding steroid dienone is 1. The van der Waals surface area contributed by atoms with E-state index in [0.717, 1.165) is 5.56 Å². The van der Waals surface area contributed by atoms with E-state index in [1.165, 1.54) is 13.3 Å². The van der Waals surface area contributed by atoms with Crippen molar-refractivity contribution in [2.75, 3.05) is 26.9 Å². The van der Waals surface area contributed by atoms with Crippen molar-refractivity contribution in [2.45, 2.75) is 33.4 Å². The van der Waals surface area contributed by atoms with E-state index in [0.29, 0.717) is 47.1 Å². The average molecular weight is 642 g/mol. The standard InChI is InChI=1S/C34H35N5O8/c1-5-44-29-15-24(11-13-27(29)46-19-23-9-7-22(17-35)8-10-23)18-36-39-30(40)20-47-26-14-12-25(16-28(26)43-4)32-31(33(41)45-6-2)21(3)37-34(42)38-32/h7-16,18,32H,5-6,19-20H2,1-4H3,(H,39,40)(H2,37,38,42)/b36-18+/t32-/m0/s1. The van der Waals surface area contributed by atoms with E-state index in [1.54, 1.807) is 62.4 Å². The van der Waals surface area contributed by atoms with E-state index in [2.05, 4.69) is 27.2 Å². The summed E-state index contributed by atoms with van der Waals surface area (Å²) in [5.41, 5.74) is 5.76. The molecular weight excluding hydrogens is 606 g/mol. The molecule has 3 aromatic carbocycles. The van der Waals surface area contributed by atoms with Crippen LogP contribution in [0.2, 0.25) is 0 Å². The van der Waals surface area contributed by atoms with Crippen LogP contribution >= 0.6 is 0 Å². The first-order valence-electron chi connectivity index (χ1n) is 14.7. The van der Waals surface area contributed by atoms with Gasteiger partial charge in [-0.2, -0.15) is 10.4 Å². The highest BCUT2D eigenvalue weighted by Gasteiger charge is 2.32. The van der Waals surface area contributed by atoms with Gasteiger partial charge in [0.05, 0.1) is 49.8 Å². The van der Waals surface area contributed by atoms with Crippen molar-refractivity contribution in [1.82, 2.24) is 16.1 Å². The summed E-state index contributed by atoms with van der Waals surface area (Å²) in [6.45, 7) is 5.70. The Kier molecular flexibility index (Phi) is 11.8. The summed E-state index contributed by atoms with van der Waals surface area (Å²) in [6.07, 6.45) is 1.46. The summed E-state index contributed by atoms with van der Waals surface area (Å²) >= 11 is 0. The van der Waals surface area contributed by atoms with Gasteiger partial charge in [0, 0.05) is 5.70 Å². The number of esters is 1. The molecule has 0 aromatic heterocycles. The third kappa shape index (κ3) is 9.01. The molecule has 3 N–H and O–H groups in total. The first-order valence-corrected chi connectivity index (χ1v) is 14.7. The van der Waals surface area contributed by atoms with Crippen LogP contribution in [-0.2, 0) is 20.9 Å². The van der Waals surface area contributed by atoms with E-state index in [-0.39, 0.29) is 30.3 Å². The highest BCUT2D eigenvalue weighted by molar-refractivity contribution is 5.95. The maximum atomic E-state index is 12.6. The molecule has 244 valence electrons. The van der Waals surface area contributed by atoms with Gasteiger partial charge in [-0.15, -0.1) is 0 Å². The topological polar surface area (TPSA) is 170 Å². The van der Waals surface area contributed by atoms with E-state index >= 15 is 0 Å². The summed E-state index contributed by atoms with van der Waals surface area (Å²) in [7, 11) is 1.44. The third-order valence-corrected chi connectivity index (χ3v) is 6.79. The van der Waals surface area contributed by atoms with Gasteiger partial charge < -0.3 is 34.3 Å². The molecule has 1 atom stereocenters. The molecule has 1 heterocycles. The fourth-order valence-corrected chi connectivity index (χ4v) is 4.59. The van der Waals surface area contributed by atoms with Gasteiger partial charge in [-0.25, -0.2) is 15.0 Å². The number of carbonyl (C=O) groups is 3. The summed E-state index contributed by atoms with van der Waals surface area (Å²) in [5.74, 6) is 0.533. The number of carbonyl (C=O) groups excluding carboxylic acids is 3. The van der Waals surface area contributed by atoms with Crippen LogP contribution in [0.25, 0.3) is 0 Å². The zero-order valence-electron chi connectivity index (χ0n) is 26.4. The molecule has 1 aliphatic rings. The number of nitrogens with zero attached hydrogens (tertiary/aromatic N) is 2. The molecule has 0 fully saturated rings. The van der Waals surface area contributed by atoms with Crippen LogP contribution in [0.1, 0.15) is 49.1 Å². The van der Waals surface area contributed by atoms with Gasteiger partial charge in [0.1, 0.15) is 6.61 Å². The molecular formula is C34H35N5O8. The molecule has 0 unspecified atom stereocenters. The number of rotatable bonds is 14. The molecule has 0 saturated heterocycles. The van der Waals surface area contributed by atoms with Crippen molar-refractivity contribution >= 4 is 24.1 Å². The quantitative estimate of drug-likeness (QED) is 0.132. The second-order valence-corrected chi connectivity index (χ2v) is 10.0. The number of nitriles is 1. The van der Waals surface area contributed by atoms with Crippen molar-refractivity contribution in [1.29, 1.82) is 5.26 Å². The number of methoxy groups -OCH3 is 1. The van der Waals surface area contributed by atoms with Crippen LogP contribution in [0.5, 0.6) is 23.0 Å². The molecule has 0 saturated carbocycles. The Morgan fingerprint density at radius 3 is 2.40 bits per heavy atom. The lowest BCUT2D eigenvalue weighted by molar-refractivity contribution is -0.139. The minimum Gasteiger partial charge on any atom is -0.493 e. The number of amides is 3. The van der Waals surface area contributed by atoms with Gasteiger partial charge >= 0.3 is 12.0 Å². The predicted molar refractivity (Wildman–Crippen MR) is 171 cm³/mol. The van der Waals surface area contributed by atoms with Crippen LogP contribution in [0.4, 0.5) is 4.79 Å². The second kappa shape index (κ2) is 16.3. The summed E-state index contributed by atoms with van der Waals surface area (Å²) < 4.78 is 28.0. The Morgan fingerprint density at radius 2 is 1.70 bits per heavy atom. The van der Waals surface area contributed by atoms with Gasteiger partial charge in [0.25, 0.3) is 5.91 Å². The first-order chi connectivity index (χ1) is 22.8. The molecule has 0 aliphatic carbocycles. The summed E-state index contributed by atoms with van der Waals surface area (Å²) in [4.78, 5) is 37.3. The van der Waals surface area contributed by atoms with Crippen LogP contribution in [-0.4, -0.2) is 51.1 Å². The van der Waals surface area contributed by atoms with Crippen molar-refractivity contribution in [3.05, 3.63) is 94.2 Å². The van der Waals surface area contributed by atoms with Crippen molar-refractivity contribution in [2.24, 2.45) is 5.10 Å². The average Bonchev–Trinajstić information content (AvgIpc) is 3.07. The number of nitrogens with one attached hydrogen (secondary N) is 3. The fraction of sp³-hybridized carbons (Fsp3) is 0.265. The maximum Gasteiger partial charge on any atom is 0.338 e. The Hall–Kier alpha value is -6.03. The lowest BCUT2D eigenvalue weighted by atomic mass is 9.95. The lowest BCUT2D eigenvalue weighted by Gasteiger charge is -2.28. The van der Waals surface area contributed by atoms with Gasteiger partial charge in [-0.3, -0.25) is 4.79 Å². The fourth-order valence-electron chi connectivity index (χ4n) is 4.59. The van der Waals surface area contributed by atoms with Gasteiger partial charge in [0.15, 0.2) is 29.6 Å². The van der Waals surface area contributed by atoms with Crippen molar-refractivity contribution in [3.8, 4) is 29.1 Å². The van der Waals surface area contributed by atoms with Crippen LogP contribution < -0.4 is 35.0 Å². The maximum absolute atomic E-state index is 12.6. The molecule has 13 nitrogen and oxygen atoms in total. The first kappa shape index (κ1) is 33.9. The van der Waals surface area contributed by atoms with E-state index < -0.39 is 23.9 Å². The van der Waals surface area contributed by atoms with Crippen LogP contribution in [0.3, 0.4) is 0 Å². The number of hydrazone groups is 1. The van der Waals surface area contributed by atoms with E-state index in [4.69, 9.17) is 28.9 Å². The summed E-state index contributed by atoms with van der Waals surface area (Å²) in [5, 5.41) is 18.3. The summed E-state index contributed by atoms with van der Waals surface area (Å²) in [6, 6.07) is 18.1. The van der Waals surface area contributed by atoms with Crippen LogP contribution in [0.15, 0.2) is 77.0 Å². The number of hydrogen-bond acceptors (Lipinski definition) is 10. The molecule has 13 heteroatoms. The van der Waals surface area contributed by atoms with Gasteiger partial charge in [-0.05, 0) is 79.9 Å². The van der Waals surface area contributed by atoms with Gasteiger partial charge in [-0.1, -0.05) is 18.2 Å². The zero-order chi connectivity index (χ0) is 33.8. The molecule has 0 radical (unpaired) electrons. The lowest BCUT2D eigenvalue weighted by Crippen LogP contribution is -2.45. The van der Waals surface area contributed by atoms with Crippen molar-refractivity contribution in [3.63, 3.8) is 0 Å². The second-order valence-electron chi connectivity index (χ2n) is 10.0. The molecule has 0 spiro atoms. The Labute approximate surface area is 272 Å². The van der Waals surface area contributed by atoms with Crippen molar-refractivity contribution < 1.29 is 38.1 Å². The normalized spacial score (nSPS) is 14.0. The monoisotopic (exact) mass is 641 g/mol. The number of urea groups is 1. The minimum absolute atomic E-state index is 0.177. The molecule has 47 heavy (non-hydrogen) atoms. The number of hydrogen-bond donors (Lipinski definition) is 3. The van der Waals surface area contributed by atoms with E-state index in [1.807, 2.05) is 19.1 Å². The predicted octanol–water partition coefficient (Wildman–Crippen LogP) is 4.26. The molecule has 4 rings (SSSR count). The number of benzene rings is 3. The highest BCUT2D eigenvalue weighted by atomic mass is 16.5. The minimum atomic E-state index is -0.783.